The van der Waals surface area contributed by atoms with Crippen LogP contribution in [-0.2, 0) is 140 Å². The summed E-state index contributed by atoms with van der Waals surface area (Å²) >= 11 is 0. The van der Waals surface area contributed by atoms with Crippen LogP contribution < -0.4 is 9.47 Å². The van der Waals surface area contributed by atoms with E-state index >= 15 is 0 Å². The van der Waals surface area contributed by atoms with Crippen molar-refractivity contribution in [2.75, 3.05) is 52.6 Å². The maximum absolute atomic E-state index is 14.3. The highest BCUT2D eigenvalue weighted by Gasteiger charge is 2.58. The van der Waals surface area contributed by atoms with Crippen LogP contribution in [0.25, 0.3) is 22.3 Å². The number of amides is 2. The Morgan fingerprint density at radius 3 is 0.928 bits per heavy atom. The summed E-state index contributed by atoms with van der Waals surface area (Å²) in [5, 5.41) is 0. The van der Waals surface area contributed by atoms with Gasteiger partial charge in [-0.2, -0.15) is 0 Å². The quantitative estimate of drug-likeness (QED) is 0.0346. The third-order valence-electron chi connectivity index (χ3n) is 20.6. The van der Waals surface area contributed by atoms with Crippen molar-refractivity contribution in [2.24, 2.45) is 43.3 Å². The Balaban J connectivity index is 1.14. The molecule has 2 amide bonds. The number of hydrogen-bond acceptors (Lipinski definition) is 26. The van der Waals surface area contributed by atoms with E-state index in [0.29, 0.717) is 91.7 Å². The predicted molar refractivity (Wildman–Crippen MR) is 463 cm³/mol. The molecule has 4 aromatic carbocycles. The molecule has 0 N–H and O–H groups in total. The molecule has 28 heteroatoms. The van der Waals surface area contributed by atoms with Gasteiger partial charge in [-0.05, 0) is 270 Å². The fourth-order valence-corrected chi connectivity index (χ4v) is 13.0. The number of carbonyl (C=O) groups excluding carboxylic acids is 12. The van der Waals surface area contributed by atoms with E-state index in [9.17, 15) is 57.5 Å². The largest absolute Gasteiger partial charge is 0.466 e. The lowest BCUT2D eigenvalue weighted by Gasteiger charge is -2.45. The first-order chi connectivity index (χ1) is 57.9. The van der Waals surface area contributed by atoms with Gasteiger partial charge in [0, 0.05) is 50.1 Å². The highest BCUT2D eigenvalue weighted by atomic mass is 16.8. The second kappa shape index (κ2) is 42.6. The molecular formula is C97H136N2O26. The van der Waals surface area contributed by atoms with Crippen LogP contribution in [0.5, 0.6) is 11.5 Å². The smallest absolute Gasteiger partial charge is 0.311 e. The minimum atomic E-state index is -1.64. The summed E-state index contributed by atoms with van der Waals surface area (Å²) in [6, 6.07) is 25.1. The van der Waals surface area contributed by atoms with Crippen molar-refractivity contribution in [1.82, 2.24) is 9.80 Å². The molecule has 3 aliphatic heterocycles. The first kappa shape index (κ1) is 102. The fraction of sp³-hybridized carbons (Fsp3) is 0.629. The summed E-state index contributed by atoms with van der Waals surface area (Å²) < 4.78 is 87.3. The molecule has 28 nitrogen and oxygen atoms in total. The van der Waals surface area contributed by atoms with Gasteiger partial charge in [0.2, 0.25) is 36.6 Å². The van der Waals surface area contributed by atoms with Crippen LogP contribution in [-0.4, -0.2) is 195 Å². The summed E-state index contributed by atoms with van der Waals surface area (Å²) in [5.41, 5.74) is -3.83. The Labute approximate surface area is 737 Å². The maximum atomic E-state index is 14.3. The van der Waals surface area contributed by atoms with Gasteiger partial charge in [-0.15, -0.1) is 0 Å². The van der Waals surface area contributed by atoms with Gasteiger partial charge < -0.3 is 76.1 Å². The van der Waals surface area contributed by atoms with Gasteiger partial charge in [-0.3, -0.25) is 57.5 Å². The molecule has 0 aromatic heterocycles. The van der Waals surface area contributed by atoms with Crippen LogP contribution in [0.4, 0.5) is 0 Å². The molecule has 0 unspecified atom stereocenters. The molecular weight excluding hydrogens is 1610 g/mol. The number of nitrogens with zero attached hydrogens (tertiary/aromatic N) is 2. The predicted octanol–water partition coefficient (Wildman–Crippen LogP) is 14.8. The lowest BCUT2D eigenvalue weighted by molar-refractivity contribution is -0.293. The van der Waals surface area contributed by atoms with Gasteiger partial charge in [-0.1, -0.05) is 60.7 Å². The number of rotatable bonds is 30. The van der Waals surface area contributed by atoms with Crippen molar-refractivity contribution in [3.63, 3.8) is 0 Å². The van der Waals surface area contributed by atoms with Crippen molar-refractivity contribution < 1.29 is 124 Å². The monoisotopic (exact) mass is 1740 g/mol. The normalized spacial score (nSPS) is 20.4. The van der Waals surface area contributed by atoms with Gasteiger partial charge in [0.05, 0.1) is 69.4 Å². The van der Waals surface area contributed by atoms with Crippen LogP contribution in [0.3, 0.4) is 0 Å². The second-order valence-electron chi connectivity index (χ2n) is 40.6. The lowest BCUT2D eigenvalue weighted by atomic mass is 9.93. The number of esters is 10. The SMILES string of the molecule is CCOC(=O)Cc1cccc(-c2cc(CCCC(=O)N3CCCN(C(=O)CCCc4ccc(O[C@H]5O[C@H](COC(=O)C(C)(C)C)[C@@H](OC(=O)C(C)(C)C)[C@H](OC(=O)C(C)(C)C)[C@@H]5OC(=O)C(C)(C)C)c(-c5cccc(CC(=O)OCC)c5)c4)CC3)ccc2O[C@H]2O[C@H](COC(=O)C(C)(C)C)[C@@H](OC(=O)C(C)(C)C)[C@H](OC(=O)C(C)(C)C)[C@@H]2OC(=O)C(C)(C)C)c1. The average Bonchev–Trinajstić information content (AvgIpc) is 0.857. The number of ether oxygens (including phenoxy) is 14. The third kappa shape index (κ3) is 29.8. The number of carbonyl (C=O) groups is 12. The van der Waals surface area contributed by atoms with Gasteiger partial charge in [0.25, 0.3) is 0 Å². The first-order valence-corrected chi connectivity index (χ1v) is 43.4. The van der Waals surface area contributed by atoms with Gasteiger partial charge in [0.15, 0.2) is 24.4 Å². The van der Waals surface area contributed by atoms with E-state index in [1.807, 2.05) is 48.5 Å². The molecule has 125 heavy (non-hydrogen) atoms. The Morgan fingerprint density at radius 2 is 0.632 bits per heavy atom. The number of hydrogen-bond donors (Lipinski definition) is 0. The zero-order valence-corrected chi connectivity index (χ0v) is 78.4. The molecule has 3 aliphatic rings. The zero-order chi connectivity index (χ0) is 93.4. The van der Waals surface area contributed by atoms with Crippen LogP contribution in [0.1, 0.15) is 234 Å². The van der Waals surface area contributed by atoms with E-state index < -0.39 is 178 Å². The minimum Gasteiger partial charge on any atom is -0.466 e. The van der Waals surface area contributed by atoms with E-state index in [1.165, 1.54) is 0 Å². The summed E-state index contributed by atoms with van der Waals surface area (Å²) in [4.78, 5) is 170. The summed E-state index contributed by atoms with van der Waals surface area (Å²) in [6.45, 7) is 43.5. The summed E-state index contributed by atoms with van der Waals surface area (Å²) in [5.74, 6) is -6.42. The highest BCUT2D eigenvalue weighted by molar-refractivity contribution is 5.83. The van der Waals surface area contributed by atoms with E-state index in [1.54, 1.807) is 226 Å². The van der Waals surface area contributed by atoms with E-state index in [-0.39, 0.29) is 62.2 Å². The van der Waals surface area contributed by atoms with Crippen molar-refractivity contribution in [2.45, 2.75) is 299 Å². The Bertz CT molecular complexity index is 4190. The van der Waals surface area contributed by atoms with Gasteiger partial charge in [0.1, 0.15) is 36.9 Å². The number of benzene rings is 4. The van der Waals surface area contributed by atoms with Gasteiger partial charge >= 0.3 is 59.7 Å². The molecule has 0 aliphatic carbocycles. The zero-order valence-electron chi connectivity index (χ0n) is 78.4. The molecule has 0 spiro atoms. The molecule has 3 saturated heterocycles. The van der Waals surface area contributed by atoms with Crippen molar-refractivity contribution in [3.05, 3.63) is 107 Å². The molecule has 7 rings (SSSR count). The molecule has 3 fully saturated rings. The Hall–Kier alpha value is -9.96. The number of aryl methyl sites for hydroxylation is 2. The lowest BCUT2D eigenvalue weighted by Crippen LogP contribution is -2.65. The van der Waals surface area contributed by atoms with E-state index in [0.717, 1.165) is 11.1 Å². The van der Waals surface area contributed by atoms with Crippen molar-refractivity contribution in [3.8, 4) is 33.8 Å². The van der Waals surface area contributed by atoms with E-state index in [4.69, 9.17) is 66.3 Å². The first-order valence-electron chi connectivity index (χ1n) is 43.4. The van der Waals surface area contributed by atoms with Crippen LogP contribution in [0.15, 0.2) is 84.9 Å². The topological polar surface area (TPSA) is 341 Å². The second-order valence-corrected chi connectivity index (χ2v) is 40.6. The van der Waals surface area contributed by atoms with Crippen molar-refractivity contribution in [1.29, 1.82) is 0 Å². The van der Waals surface area contributed by atoms with E-state index in [2.05, 4.69) is 0 Å². The fourth-order valence-electron chi connectivity index (χ4n) is 13.0. The standard InChI is InChI=1S/C97H136N2O26/c1-27-112-72(102)54-60-36-29-38-62(50-60)64-52-58(42-44-66(64)116-80-78(124-88(110)96(21,22)23)76(122-86(108)94(15,16)17)74(120-84(106)92(9,10)11)68(118-80)56-114-82(104)90(3,4)5)34-31-40-70(100)98-46-33-47-99(49-48-98)71(101)41-32-35-59-43-45-67(65(53-59)63-39-30-37-61(51-63)55-73(103)113-28-2)117-81-79(125-89(111)97(24,25)26)77(123-87(109)95(18,19)20)75(121-85(107)93(12,13)14)69(119-81)57-115-83(105)91(6,7)8/h29-30,36-39,42-45,50-53,68-69,74-81H,27-28,31-35,40-41,46-49,54-57H2,1-26H3/t68-,69-,74-,75-,76+,77+,78+,79+,80+,81+/m1/s1. The molecule has 0 radical (unpaired) electrons. The van der Waals surface area contributed by atoms with Crippen LogP contribution in [0.2, 0.25) is 0 Å². The van der Waals surface area contributed by atoms with Crippen LogP contribution in [0, 0.1) is 43.3 Å². The Kier molecular flexibility index (Phi) is 34.8. The molecule has 3 heterocycles. The summed E-state index contributed by atoms with van der Waals surface area (Å²) in [7, 11) is 0. The minimum absolute atomic E-state index is 0.0607. The molecule has 10 atom stereocenters. The third-order valence-corrected chi connectivity index (χ3v) is 20.6. The molecule has 0 bridgehead atoms. The summed E-state index contributed by atoms with van der Waals surface area (Å²) in [6.07, 6.45) is -13.2. The highest BCUT2D eigenvalue weighted by Crippen LogP contribution is 2.43. The average molecular weight is 1750 g/mol. The van der Waals surface area contributed by atoms with Crippen LogP contribution >= 0.6 is 0 Å². The molecule has 4 aromatic rings. The Morgan fingerprint density at radius 1 is 0.336 bits per heavy atom. The van der Waals surface area contributed by atoms with Gasteiger partial charge in [-0.25, -0.2) is 0 Å². The van der Waals surface area contributed by atoms with Crippen molar-refractivity contribution >= 4 is 71.5 Å². The maximum Gasteiger partial charge on any atom is 0.311 e. The molecule has 690 valence electrons. The molecule has 0 saturated carbocycles.